The van der Waals surface area contributed by atoms with E-state index in [1.807, 2.05) is 31.3 Å². The molecule has 0 aliphatic carbocycles. The van der Waals surface area contributed by atoms with E-state index in [0.29, 0.717) is 0 Å². The number of likely N-dealkylation sites (N-methyl/N-ethyl adjacent to an activating group) is 1. The molecule has 0 saturated carbocycles. The molecular formula is C10H14FN. The highest BCUT2D eigenvalue weighted by atomic mass is 19.1. The Hall–Kier alpha value is -0.890. The normalized spacial score (nSPS) is 10.2. The molecule has 0 aliphatic heterocycles. The van der Waals surface area contributed by atoms with Crippen LogP contribution in [0.1, 0.15) is 11.1 Å². The van der Waals surface area contributed by atoms with Crippen molar-refractivity contribution in [1.82, 2.24) is 5.32 Å². The predicted molar refractivity (Wildman–Crippen MR) is 48.9 cm³/mol. The first kappa shape index (κ1) is 9.20. The van der Waals surface area contributed by atoms with E-state index < -0.39 is 0 Å². The zero-order chi connectivity index (χ0) is 8.81. The number of alkyl halides is 1. The lowest BCUT2D eigenvalue weighted by molar-refractivity contribution is 0.482. The van der Waals surface area contributed by atoms with Gasteiger partial charge in [-0.15, -0.1) is 0 Å². The zero-order valence-electron chi connectivity index (χ0n) is 7.31. The van der Waals surface area contributed by atoms with E-state index in [4.69, 9.17) is 0 Å². The number of hydrogen-bond acceptors (Lipinski definition) is 1. The molecule has 0 aromatic heterocycles. The Kier molecular flexibility index (Phi) is 3.74. The molecule has 0 saturated heterocycles. The molecule has 12 heavy (non-hydrogen) atoms. The van der Waals surface area contributed by atoms with Gasteiger partial charge in [-0.25, -0.2) is 4.39 Å². The first-order valence-corrected chi connectivity index (χ1v) is 4.16. The van der Waals surface area contributed by atoms with Crippen LogP contribution >= 0.6 is 0 Å². The fourth-order valence-corrected chi connectivity index (χ4v) is 1.19. The lowest BCUT2D eigenvalue weighted by atomic mass is 10.1. The molecule has 0 radical (unpaired) electrons. The van der Waals surface area contributed by atoms with Gasteiger partial charge < -0.3 is 5.32 Å². The van der Waals surface area contributed by atoms with Crippen LogP contribution in [-0.4, -0.2) is 13.6 Å². The van der Waals surface area contributed by atoms with Gasteiger partial charge in [0.15, 0.2) is 0 Å². The van der Waals surface area contributed by atoms with E-state index in [1.165, 1.54) is 0 Å². The van der Waals surface area contributed by atoms with Gasteiger partial charge >= 0.3 is 0 Å². The van der Waals surface area contributed by atoms with E-state index in [0.717, 1.165) is 24.1 Å². The van der Waals surface area contributed by atoms with Gasteiger partial charge in [-0.1, -0.05) is 24.3 Å². The van der Waals surface area contributed by atoms with Crippen molar-refractivity contribution in [2.75, 3.05) is 13.6 Å². The molecule has 0 heterocycles. The maximum Gasteiger partial charge on any atom is 0.115 e. The molecule has 1 N–H and O–H groups in total. The van der Waals surface area contributed by atoms with Crippen molar-refractivity contribution >= 4 is 0 Å². The Morgan fingerprint density at radius 2 is 1.92 bits per heavy atom. The van der Waals surface area contributed by atoms with Crippen LogP contribution in [0.2, 0.25) is 0 Å². The molecule has 0 aliphatic rings. The maximum absolute atomic E-state index is 12.4. The molecule has 0 bridgehead atoms. The van der Waals surface area contributed by atoms with Gasteiger partial charge in [0, 0.05) is 0 Å². The minimum atomic E-state index is -0.361. The Morgan fingerprint density at radius 1 is 1.25 bits per heavy atom. The number of hydrogen-bond donors (Lipinski definition) is 1. The molecule has 0 unspecified atom stereocenters. The highest BCUT2D eigenvalue weighted by Gasteiger charge is 1.98. The van der Waals surface area contributed by atoms with Gasteiger partial charge in [-0.05, 0) is 31.1 Å². The minimum Gasteiger partial charge on any atom is -0.319 e. The fourth-order valence-electron chi connectivity index (χ4n) is 1.19. The van der Waals surface area contributed by atoms with Gasteiger partial charge in [-0.2, -0.15) is 0 Å². The lowest BCUT2D eigenvalue weighted by Crippen LogP contribution is -2.11. The lowest BCUT2D eigenvalue weighted by Gasteiger charge is -2.04. The Bertz CT molecular complexity index is 235. The Balaban J connectivity index is 2.68. The maximum atomic E-state index is 12.4. The van der Waals surface area contributed by atoms with Crippen molar-refractivity contribution in [3.05, 3.63) is 35.4 Å². The van der Waals surface area contributed by atoms with Gasteiger partial charge in [0.2, 0.25) is 0 Å². The first-order chi connectivity index (χ1) is 5.88. The summed E-state index contributed by atoms with van der Waals surface area (Å²) in [5, 5.41) is 3.05. The van der Waals surface area contributed by atoms with E-state index in [-0.39, 0.29) is 6.67 Å². The summed E-state index contributed by atoms with van der Waals surface area (Å²) in [6, 6.07) is 7.64. The van der Waals surface area contributed by atoms with Crippen LogP contribution in [0.3, 0.4) is 0 Å². The second kappa shape index (κ2) is 4.88. The van der Waals surface area contributed by atoms with Crippen LogP contribution < -0.4 is 5.32 Å². The van der Waals surface area contributed by atoms with Gasteiger partial charge in [0.1, 0.15) is 6.67 Å². The molecule has 0 amide bonds. The average molecular weight is 167 g/mol. The topological polar surface area (TPSA) is 12.0 Å². The van der Waals surface area contributed by atoms with Crippen molar-refractivity contribution in [2.45, 2.75) is 13.1 Å². The quantitative estimate of drug-likeness (QED) is 0.722. The van der Waals surface area contributed by atoms with Crippen molar-refractivity contribution < 1.29 is 4.39 Å². The van der Waals surface area contributed by atoms with Crippen LogP contribution in [0.15, 0.2) is 24.3 Å². The summed E-state index contributed by atoms with van der Waals surface area (Å²) < 4.78 is 12.4. The summed E-state index contributed by atoms with van der Waals surface area (Å²) in [6.07, 6.45) is 0.899. The smallest absolute Gasteiger partial charge is 0.115 e. The highest BCUT2D eigenvalue weighted by molar-refractivity contribution is 5.26. The third-order valence-corrected chi connectivity index (χ3v) is 1.91. The first-order valence-electron chi connectivity index (χ1n) is 4.16. The molecule has 1 aromatic carbocycles. The molecule has 0 fully saturated rings. The molecule has 66 valence electrons. The fraction of sp³-hybridized carbons (Fsp3) is 0.400. The summed E-state index contributed by atoms with van der Waals surface area (Å²) in [4.78, 5) is 0. The number of halogens is 1. The van der Waals surface area contributed by atoms with E-state index >= 15 is 0 Å². The molecule has 0 atom stereocenters. The van der Waals surface area contributed by atoms with Crippen molar-refractivity contribution in [2.24, 2.45) is 0 Å². The monoisotopic (exact) mass is 167 g/mol. The number of benzene rings is 1. The second-order valence-electron chi connectivity index (χ2n) is 2.76. The summed E-state index contributed by atoms with van der Waals surface area (Å²) in [6.45, 7) is 0.539. The second-order valence-corrected chi connectivity index (χ2v) is 2.76. The summed E-state index contributed by atoms with van der Waals surface area (Å²) in [7, 11) is 1.90. The number of nitrogens with one attached hydrogen (secondary N) is 1. The molecule has 1 aromatic rings. The summed E-state index contributed by atoms with van der Waals surface area (Å²) in [5.41, 5.74) is 1.92. The van der Waals surface area contributed by atoms with E-state index in [1.54, 1.807) is 0 Å². The zero-order valence-corrected chi connectivity index (χ0v) is 7.31. The average Bonchev–Trinajstić information content (AvgIpc) is 2.15. The van der Waals surface area contributed by atoms with Crippen molar-refractivity contribution in [3.8, 4) is 0 Å². The molecule has 0 spiro atoms. The van der Waals surface area contributed by atoms with Crippen LogP contribution in [0, 0.1) is 0 Å². The standard InChI is InChI=1S/C10H14FN/c1-12-7-6-9-4-2-3-5-10(9)8-11/h2-5,12H,6-8H2,1H3. The Labute approximate surface area is 72.6 Å². The largest absolute Gasteiger partial charge is 0.319 e. The third-order valence-electron chi connectivity index (χ3n) is 1.91. The summed E-state index contributed by atoms with van der Waals surface area (Å²) >= 11 is 0. The van der Waals surface area contributed by atoms with Crippen molar-refractivity contribution in [1.29, 1.82) is 0 Å². The van der Waals surface area contributed by atoms with Crippen molar-refractivity contribution in [3.63, 3.8) is 0 Å². The molecular weight excluding hydrogens is 153 g/mol. The molecule has 1 nitrogen and oxygen atoms in total. The van der Waals surface area contributed by atoms with E-state index in [9.17, 15) is 4.39 Å². The van der Waals surface area contributed by atoms with Crippen LogP contribution in [0.5, 0.6) is 0 Å². The highest BCUT2D eigenvalue weighted by Crippen LogP contribution is 2.10. The SMILES string of the molecule is CNCCc1ccccc1CF. The van der Waals surface area contributed by atoms with Gasteiger partial charge in [0.25, 0.3) is 0 Å². The van der Waals surface area contributed by atoms with Crippen LogP contribution in [0.25, 0.3) is 0 Å². The van der Waals surface area contributed by atoms with Crippen LogP contribution in [0.4, 0.5) is 4.39 Å². The van der Waals surface area contributed by atoms with E-state index in [2.05, 4.69) is 5.32 Å². The number of rotatable bonds is 4. The summed E-state index contributed by atoms with van der Waals surface area (Å²) in [5.74, 6) is 0. The van der Waals surface area contributed by atoms with Gasteiger partial charge in [-0.3, -0.25) is 0 Å². The Morgan fingerprint density at radius 3 is 2.50 bits per heavy atom. The van der Waals surface area contributed by atoms with Crippen LogP contribution in [-0.2, 0) is 13.1 Å². The molecule has 1 rings (SSSR count). The third kappa shape index (κ3) is 2.31. The van der Waals surface area contributed by atoms with Gasteiger partial charge in [0.05, 0.1) is 0 Å². The molecule has 2 heteroatoms. The minimum absolute atomic E-state index is 0.361. The predicted octanol–water partition coefficient (Wildman–Crippen LogP) is 1.92.